The lowest BCUT2D eigenvalue weighted by Crippen LogP contribution is -1.95. The average molecular weight is 192 g/mol. The van der Waals surface area contributed by atoms with Crippen molar-refractivity contribution in [1.29, 1.82) is 0 Å². The minimum Gasteiger partial charge on any atom is -0.449 e. The molecule has 0 saturated carbocycles. The maximum atomic E-state index is 5.30. The average Bonchev–Trinajstić information content (AvgIpc) is 2.72. The fourth-order valence-electron chi connectivity index (χ4n) is 1.55. The molecular formula is C9H8N2OS. The Hall–Kier alpha value is -1.29. The first-order valence-corrected chi connectivity index (χ1v) is 5.03. The van der Waals surface area contributed by atoms with E-state index in [4.69, 9.17) is 4.42 Å². The fraction of sp³-hybridized carbons (Fsp3) is 0.222. The third kappa shape index (κ3) is 1.06. The summed E-state index contributed by atoms with van der Waals surface area (Å²) in [6.45, 7) is 0.834. The summed E-state index contributed by atoms with van der Waals surface area (Å²) in [6, 6.07) is 2.00. The number of anilines is 1. The number of rotatable bonds is 0. The number of fused-ring (bicyclic) bond motifs is 2. The van der Waals surface area contributed by atoms with Gasteiger partial charge in [-0.1, -0.05) is 0 Å². The van der Waals surface area contributed by atoms with Crippen LogP contribution >= 0.6 is 11.3 Å². The molecule has 0 aliphatic carbocycles. The summed E-state index contributed by atoms with van der Waals surface area (Å²) >= 11 is 1.70. The van der Waals surface area contributed by atoms with Gasteiger partial charge in [-0.2, -0.15) is 0 Å². The third-order valence-electron chi connectivity index (χ3n) is 2.24. The summed E-state index contributed by atoms with van der Waals surface area (Å²) in [4.78, 5) is 5.64. The van der Waals surface area contributed by atoms with Gasteiger partial charge in [0.1, 0.15) is 0 Å². The summed E-state index contributed by atoms with van der Waals surface area (Å²) in [5, 5.41) is 3.25. The van der Waals surface area contributed by atoms with Gasteiger partial charge in [0.25, 0.3) is 0 Å². The molecule has 0 aromatic carbocycles. The minimum absolute atomic E-state index is 0.834. The topological polar surface area (TPSA) is 38.1 Å². The highest BCUT2D eigenvalue weighted by Crippen LogP contribution is 2.27. The van der Waals surface area contributed by atoms with Crippen molar-refractivity contribution < 1.29 is 4.42 Å². The molecule has 1 aliphatic heterocycles. The van der Waals surface area contributed by atoms with Crippen LogP contribution in [0.1, 0.15) is 16.1 Å². The molecule has 1 N–H and O–H groups in total. The molecule has 4 heteroatoms. The zero-order valence-electron chi connectivity index (χ0n) is 6.91. The molecule has 0 atom stereocenters. The van der Waals surface area contributed by atoms with E-state index in [1.807, 2.05) is 11.6 Å². The van der Waals surface area contributed by atoms with E-state index in [0.717, 1.165) is 18.8 Å². The summed E-state index contributed by atoms with van der Waals surface area (Å²) in [5.41, 5.74) is 4.28. The van der Waals surface area contributed by atoms with Crippen LogP contribution in [0.5, 0.6) is 0 Å². The Kier molecular flexibility index (Phi) is 1.43. The second-order valence-electron chi connectivity index (χ2n) is 3.03. The van der Waals surface area contributed by atoms with Crippen LogP contribution in [0.25, 0.3) is 0 Å². The molecule has 0 saturated heterocycles. The molecule has 1 aliphatic rings. The van der Waals surface area contributed by atoms with Crippen molar-refractivity contribution in [1.82, 2.24) is 4.98 Å². The molecule has 66 valence electrons. The number of nitrogens with zero attached hydrogens (tertiary/aromatic N) is 1. The number of hydrogen-bond donors (Lipinski definition) is 1. The predicted molar refractivity (Wildman–Crippen MR) is 51.0 cm³/mol. The van der Waals surface area contributed by atoms with Crippen LogP contribution in [-0.4, -0.2) is 4.98 Å². The molecule has 0 radical (unpaired) electrons. The smallest absolute Gasteiger partial charge is 0.196 e. The van der Waals surface area contributed by atoms with Crippen molar-refractivity contribution in [3.8, 4) is 0 Å². The van der Waals surface area contributed by atoms with Gasteiger partial charge in [0.2, 0.25) is 0 Å². The van der Waals surface area contributed by atoms with Gasteiger partial charge < -0.3 is 9.73 Å². The second kappa shape index (κ2) is 2.60. The summed E-state index contributed by atoms with van der Waals surface area (Å²) in [7, 11) is 0. The maximum absolute atomic E-state index is 5.30. The fourth-order valence-corrected chi connectivity index (χ4v) is 2.28. The summed E-state index contributed by atoms with van der Waals surface area (Å²) in [5.74, 6) is 0.894. The minimum atomic E-state index is 0.834. The van der Waals surface area contributed by atoms with E-state index in [2.05, 4.69) is 10.3 Å². The molecule has 13 heavy (non-hydrogen) atoms. The molecule has 3 nitrogen and oxygen atoms in total. The quantitative estimate of drug-likeness (QED) is 0.695. The standard InChI is InChI=1S/C9H8N2OS/c1-2-12-9-6(1)3-7-8(4-10-9)13-5-11-7/h1-2,5,10H,3-4H2. The lowest BCUT2D eigenvalue weighted by molar-refractivity contribution is 0.578. The normalized spacial score (nSPS) is 14.2. The first-order valence-electron chi connectivity index (χ1n) is 4.15. The summed E-state index contributed by atoms with van der Waals surface area (Å²) < 4.78 is 5.30. The Morgan fingerprint density at radius 3 is 3.54 bits per heavy atom. The van der Waals surface area contributed by atoms with Crippen molar-refractivity contribution in [3.05, 3.63) is 34.0 Å². The van der Waals surface area contributed by atoms with E-state index >= 15 is 0 Å². The van der Waals surface area contributed by atoms with E-state index in [0.29, 0.717) is 0 Å². The van der Waals surface area contributed by atoms with Crippen molar-refractivity contribution in [3.63, 3.8) is 0 Å². The number of aromatic nitrogens is 1. The van der Waals surface area contributed by atoms with Crippen LogP contribution in [0.2, 0.25) is 0 Å². The SMILES string of the molecule is c1cc2c(o1)NCc1scnc1C2. The highest BCUT2D eigenvalue weighted by Gasteiger charge is 2.16. The van der Waals surface area contributed by atoms with Crippen molar-refractivity contribution in [2.45, 2.75) is 13.0 Å². The van der Waals surface area contributed by atoms with Crippen LogP contribution in [0.4, 0.5) is 5.88 Å². The van der Waals surface area contributed by atoms with E-state index in [1.54, 1.807) is 17.6 Å². The first kappa shape index (κ1) is 7.15. The molecule has 2 aromatic heterocycles. The number of furan rings is 1. The Morgan fingerprint density at radius 1 is 1.54 bits per heavy atom. The van der Waals surface area contributed by atoms with E-state index in [1.165, 1.54) is 16.1 Å². The molecule has 0 unspecified atom stereocenters. The van der Waals surface area contributed by atoms with Gasteiger partial charge in [0.05, 0.1) is 24.0 Å². The third-order valence-corrected chi connectivity index (χ3v) is 3.11. The molecular weight excluding hydrogens is 184 g/mol. The van der Waals surface area contributed by atoms with Gasteiger partial charge in [-0.3, -0.25) is 0 Å². The lowest BCUT2D eigenvalue weighted by atomic mass is 10.2. The molecule has 3 heterocycles. The Labute approximate surface area is 79.4 Å². The Bertz CT molecular complexity index is 392. The monoisotopic (exact) mass is 192 g/mol. The van der Waals surface area contributed by atoms with Crippen molar-refractivity contribution in [2.75, 3.05) is 5.32 Å². The van der Waals surface area contributed by atoms with Gasteiger partial charge in [-0.15, -0.1) is 11.3 Å². The molecule has 2 aromatic rings. The number of hydrogen-bond acceptors (Lipinski definition) is 4. The maximum Gasteiger partial charge on any atom is 0.196 e. The van der Waals surface area contributed by atoms with Crippen molar-refractivity contribution in [2.24, 2.45) is 0 Å². The predicted octanol–water partition coefficient (Wildman–Crippen LogP) is 2.25. The van der Waals surface area contributed by atoms with Gasteiger partial charge in [0, 0.05) is 16.9 Å². The van der Waals surface area contributed by atoms with Gasteiger partial charge in [0.15, 0.2) is 5.88 Å². The molecule has 3 rings (SSSR count). The first-order chi connectivity index (χ1) is 6.43. The van der Waals surface area contributed by atoms with Crippen LogP contribution in [-0.2, 0) is 13.0 Å². The van der Waals surface area contributed by atoms with Gasteiger partial charge in [-0.25, -0.2) is 4.98 Å². The zero-order chi connectivity index (χ0) is 8.67. The number of nitrogens with one attached hydrogen (secondary N) is 1. The molecule has 0 fully saturated rings. The van der Waals surface area contributed by atoms with Crippen molar-refractivity contribution >= 4 is 17.2 Å². The molecule has 0 bridgehead atoms. The molecule has 0 amide bonds. The van der Waals surface area contributed by atoms with E-state index in [9.17, 15) is 0 Å². The van der Waals surface area contributed by atoms with Gasteiger partial charge >= 0.3 is 0 Å². The van der Waals surface area contributed by atoms with Crippen LogP contribution < -0.4 is 5.32 Å². The molecule has 0 spiro atoms. The van der Waals surface area contributed by atoms with Crippen LogP contribution in [0, 0.1) is 0 Å². The van der Waals surface area contributed by atoms with E-state index < -0.39 is 0 Å². The lowest BCUT2D eigenvalue weighted by Gasteiger charge is -1.97. The Morgan fingerprint density at radius 2 is 2.54 bits per heavy atom. The van der Waals surface area contributed by atoms with Crippen LogP contribution in [0.3, 0.4) is 0 Å². The second-order valence-corrected chi connectivity index (χ2v) is 3.97. The van der Waals surface area contributed by atoms with Crippen LogP contribution in [0.15, 0.2) is 22.3 Å². The highest BCUT2D eigenvalue weighted by atomic mass is 32.1. The highest BCUT2D eigenvalue weighted by molar-refractivity contribution is 7.09. The van der Waals surface area contributed by atoms with E-state index in [-0.39, 0.29) is 0 Å². The largest absolute Gasteiger partial charge is 0.449 e. The Balaban J connectivity index is 2.10. The number of thiazole rings is 1. The summed E-state index contributed by atoms with van der Waals surface area (Å²) in [6.07, 6.45) is 2.60. The van der Waals surface area contributed by atoms with Gasteiger partial charge in [-0.05, 0) is 6.07 Å². The zero-order valence-corrected chi connectivity index (χ0v) is 7.73.